The molecule has 5 nitrogen and oxygen atoms in total. The van der Waals surface area contributed by atoms with E-state index in [4.69, 9.17) is 21.4 Å². The van der Waals surface area contributed by atoms with Crippen molar-refractivity contribution >= 4 is 23.4 Å². The molecule has 0 spiro atoms. The Morgan fingerprint density at radius 3 is 3.06 bits per heavy atom. The fourth-order valence-corrected chi connectivity index (χ4v) is 1.28. The van der Waals surface area contributed by atoms with Crippen LogP contribution in [-0.4, -0.2) is 35.8 Å². The third-order valence-corrected chi connectivity index (χ3v) is 2.14. The van der Waals surface area contributed by atoms with Crippen LogP contribution < -0.4 is 5.32 Å². The van der Waals surface area contributed by atoms with Crippen molar-refractivity contribution in [3.05, 3.63) is 22.8 Å². The Hall–Kier alpha value is -1.33. The molecular weight excluding hydrogens is 232 g/mol. The van der Waals surface area contributed by atoms with Crippen LogP contribution in [0.5, 0.6) is 0 Å². The van der Waals surface area contributed by atoms with Crippen molar-refractivity contribution in [3.8, 4) is 0 Å². The van der Waals surface area contributed by atoms with Crippen molar-refractivity contribution in [1.82, 2.24) is 4.98 Å². The zero-order valence-corrected chi connectivity index (χ0v) is 9.62. The average Bonchev–Trinajstić information content (AvgIpc) is 2.26. The maximum Gasteiger partial charge on any atom is 0.337 e. The van der Waals surface area contributed by atoms with E-state index in [-0.39, 0.29) is 10.6 Å². The SMILES string of the molecule is CCOCCNc1cc(C(=O)O)c(Cl)cn1. The van der Waals surface area contributed by atoms with Gasteiger partial charge in [0.2, 0.25) is 0 Å². The molecule has 0 aromatic carbocycles. The van der Waals surface area contributed by atoms with Gasteiger partial charge in [-0.25, -0.2) is 9.78 Å². The van der Waals surface area contributed by atoms with Gasteiger partial charge in [-0.2, -0.15) is 0 Å². The van der Waals surface area contributed by atoms with Crippen LogP contribution >= 0.6 is 11.6 Å². The second-order valence-corrected chi connectivity index (χ2v) is 3.39. The van der Waals surface area contributed by atoms with Crippen molar-refractivity contribution in [1.29, 1.82) is 0 Å². The molecule has 0 aliphatic heterocycles. The predicted octanol–water partition coefficient (Wildman–Crippen LogP) is 1.88. The van der Waals surface area contributed by atoms with Crippen molar-refractivity contribution in [2.24, 2.45) is 0 Å². The molecule has 88 valence electrons. The number of halogens is 1. The summed E-state index contributed by atoms with van der Waals surface area (Å²) in [5, 5.41) is 11.9. The minimum absolute atomic E-state index is 0.0376. The summed E-state index contributed by atoms with van der Waals surface area (Å²) in [6.45, 7) is 3.67. The number of pyridine rings is 1. The van der Waals surface area contributed by atoms with Gasteiger partial charge in [0.05, 0.1) is 17.2 Å². The fraction of sp³-hybridized carbons (Fsp3) is 0.400. The molecule has 16 heavy (non-hydrogen) atoms. The molecule has 6 heteroatoms. The summed E-state index contributed by atoms with van der Waals surface area (Å²) in [4.78, 5) is 14.7. The smallest absolute Gasteiger partial charge is 0.337 e. The van der Waals surface area contributed by atoms with Gasteiger partial charge in [-0.3, -0.25) is 0 Å². The quantitative estimate of drug-likeness (QED) is 0.748. The summed E-state index contributed by atoms with van der Waals surface area (Å²) in [5.41, 5.74) is 0.0376. The molecule has 1 heterocycles. The molecule has 0 amide bonds. The van der Waals surface area contributed by atoms with Gasteiger partial charge in [-0.1, -0.05) is 11.6 Å². The first-order valence-electron chi connectivity index (χ1n) is 4.85. The van der Waals surface area contributed by atoms with Crippen LogP contribution in [0.15, 0.2) is 12.3 Å². The number of carboxylic acid groups (broad SMARTS) is 1. The fourth-order valence-electron chi connectivity index (χ4n) is 1.09. The van der Waals surface area contributed by atoms with Crippen LogP contribution in [0.25, 0.3) is 0 Å². The molecule has 1 aromatic rings. The molecule has 1 rings (SSSR count). The monoisotopic (exact) mass is 244 g/mol. The van der Waals surface area contributed by atoms with E-state index in [9.17, 15) is 4.79 Å². The number of ether oxygens (including phenoxy) is 1. The summed E-state index contributed by atoms with van der Waals surface area (Å²) in [7, 11) is 0. The summed E-state index contributed by atoms with van der Waals surface area (Å²) in [5.74, 6) is -0.596. The Kier molecular flexibility index (Phi) is 5.01. The number of carbonyl (C=O) groups is 1. The van der Waals surface area contributed by atoms with Crippen molar-refractivity contribution in [2.75, 3.05) is 25.1 Å². The summed E-state index contributed by atoms with van der Waals surface area (Å²) in [6.07, 6.45) is 1.31. The lowest BCUT2D eigenvalue weighted by molar-refractivity contribution is 0.0697. The highest BCUT2D eigenvalue weighted by molar-refractivity contribution is 6.33. The first kappa shape index (κ1) is 12.7. The maximum atomic E-state index is 10.8. The van der Waals surface area contributed by atoms with Crippen molar-refractivity contribution in [3.63, 3.8) is 0 Å². The van der Waals surface area contributed by atoms with E-state index >= 15 is 0 Å². The molecule has 2 N–H and O–H groups in total. The Morgan fingerprint density at radius 2 is 2.44 bits per heavy atom. The standard InChI is InChI=1S/C10H13ClN2O3/c1-2-16-4-3-12-9-5-7(10(14)15)8(11)6-13-9/h5-6H,2-4H2,1H3,(H,12,13)(H,14,15). The zero-order valence-electron chi connectivity index (χ0n) is 8.86. The minimum atomic E-state index is -1.07. The highest BCUT2D eigenvalue weighted by Gasteiger charge is 2.09. The van der Waals surface area contributed by atoms with Gasteiger partial charge < -0.3 is 15.2 Å². The number of hydrogen-bond donors (Lipinski definition) is 2. The first-order valence-corrected chi connectivity index (χ1v) is 5.23. The van der Waals surface area contributed by atoms with Gasteiger partial charge in [-0.15, -0.1) is 0 Å². The summed E-state index contributed by atoms with van der Waals surface area (Å²) in [6, 6.07) is 1.40. The maximum absolute atomic E-state index is 10.8. The lowest BCUT2D eigenvalue weighted by Gasteiger charge is -2.06. The summed E-state index contributed by atoms with van der Waals surface area (Å²) >= 11 is 5.68. The normalized spacial score (nSPS) is 10.1. The molecule has 0 fully saturated rings. The molecule has 0 saturated carbocycles. The molecule has 0 atom stereocenters. The number of nitrogens with one attached hydrogen (secondary N) is 1. The summed E-state index contributed by atoms with van der Waals surface area (Å²) < 4.78 is 5.12. The van der Waals surface area contributed by atoms with E-state index in [1.165, 1.54) is 12.3 Å². The second kappa shape index (κ2) is 6.30. The number of aromatic carboxylic acids is 1. The highest BCUT2D eigenvalue weighted by atomic mass is 35.5. The number of rotatable bonds is 6. The minimum Gasteiger partial charge on any atom is -0.478 e. The van der Waals surface area contributed by atoms with Crippen LogP contribution in [0.3, 0.4) is 0 Å². The van der Waals surface area contributed by atoms with Gasteiger partial charge in [0.15, 0.2) is 0 Å². The third-order valence-electron chi connectivity index (χ3n) is 1.84. The molecule has 0 aliphatic rings. The predicted molar refractivity (Wildman–Crippen MR) is 61.2 cm³/mol. The van der Waals surface area contributed by atoms with Crippen molar-refractivity contribution < 1.29 is 14.6 Å². The average molecular weight is 245 g/mol. The van der Waals surface area contributed by atoms with Crippen LogP contribution in [0, 0.1) is 0 Å². The van der Waals surface area contributed by atoms with Gasteiger partial charge in [0, 0.05) is 19.3 Å². The molecule has 0 bridgehead atoms. The topological polar surface area (TPSA) is 71.5 Å². The number of anilines is 1. The number of nitrogens with zero attached hydrogens (tertiary/aromatic N) is 1. The molecule has 0 aliphatic carbocycles. The van der Waals surface area contributed by atoms with Gasteiger partial charge in [0.25, 0.3) is 0 Å². The molecular formula is C10H13ClN2O3. The van der Waals surface area contributed by atoms with Crippen LogP contribution in [0.2, 0.25) is 5.02 Å². The Balaban J connectivity index is 2.61. The van der Waals surface area contributed by atoms with E-state index in [1.807, 2.05) is 6.92 Å². The Labute approximate surface area is 98.4 Å². The van der Waals surface area contributed by atoms with Gasteiger partial charge in [0.1, 0.15) is 5.82 Å². The van der Waals surface area contributed by atoms with Gasteiger partial charge in [-0.05, 0) is 13.0 Å². The third kappa shape index (κ3) is 3.67. The van der Waals surface area contributed by atoms with Crippen LogP contribution in [0.1, 0.15) is 17.3 Å². The van der Waals surface area contributed by atoms with Crippen molar-refractivity contribution in [2.45, 2.75) is 6.92 Å². The van der Waals surface area contributed by atoms with Gasteiger partial charge >= 0.3 is 5.97 Å². The zero-order chi connectivity index (χ0) is 12.0. The second-order valence-electron chi connectivity index (χ2n) is 2.98. The highest BCUT2D eigenvalue weighted by Crippen LogP contribution is 2.17. The van der Waals surface area contributed by atoms with Crippen LogP contribution in [-0.2, 0) is 4.74 Å². The molecule has 0 unspecified atom stereocenters. The lowest BCUT2D eigenvalue weighted by Crippen LogP contribution is -2.11. The number of aromatic nitrogens is 1. The number of hydrogen-bond acceptors (Lipinski definition) is 4. The number of carboxylic acids is 1. The van der Waals surface area contributed by atoms with E-state index in [0.717, 1.165) is 0 Å². The first-order chi connectivity index (χ1) is 7.65. The van der Waals surface area contributed by atoms with E-state index in [2.05, 4.69) is 10.3 Å². The van der Waals surface area contributed by atoms with E-state index in [1.54, 1.807) is 0 Å². The lowest BCUT2D eigenvalue weighted by atomic mass is 10.2. The molecule has 0 saturated heterocycles. The van der Waals surface area contributed by atoms with Crippen LogP contribution in [0.4, 0.5) is 5.82 Å². The van der Waals surface area contributed by atoms with E-state index < -0.39 is 5.97 Å². The molecule has 1 aromatic heterocycles. The van der Waals surface area contributed by atoms with E-state index in [0.29, 0.717) is 25.6 Å². The Bertz CT molecular complexity index is 371. The molecule has 0 radical (unpaired) electrons. The largest absolute Gasteiger partial charge is 0.478 e. The Morgan fingerprint density at radius 1 is 1.69 bits per heavy atom.